The first-order valence-corrected chi connectivity index (χ1v) is 12.3. The zero-order chi connectivity index (χ0) is 25.4. The van der Waals surface area contributed by atoms with Gasteiger partial charge in [0.15, 0.2) is 6.10 Å². The van der Waals surface area contributed by atoms with Crippen molar-refractivity contribution in [3.8, 4) is 5.75 Å². The molecular formula is C23H27N3O8S. The Kier molecular flexibility index (Phi) is 8.79. The number of amides is 2. The van der Waals surface area contributed by atoms with Gasteiger partial charge in [0.25, 0.3) is 11.8 Å². The Morgan fingerprint density at radius 2 is 1.77 bits per heavy atom. The number of benzene rings is 2. The smallest absolute Gasteiger partial charge is 0.326 e. The molecule has 1 fully saturated rings. The topological polar surface area (TPSA) is 140 Å². The summed E-state index contributed by atoms with van der Waals surface area (Å²) in [6.45, 7) is 2.20. The zero-order valence-electron chi connectivity index (χ0n) is 19.4. The van der Waals surface area contributed by atoms with Crippen molar-refractivity contribution in [2.24, 2.45) is 0 Å². The number of carbonyl (C=O) groups excluding carboxylic acids is 3. The minimum absolute atomic E-state index is 0.101. The molecule has 2 N–H and O–H groups in total. The molecule has 0 bridgehead atoms. The Labute approximate surface area is 203 Å². The number of sulfonamides is 1. The monoisotopic (exact) mass is 505 g/mol. The molecule has 1 aliphatic heterocycles. The average molecular weight is 506 g/mol. The number of nitrogens with one attached hydrogen (secondary N) is 2. The molecule has 2 aromatic rings. The molecule has 2 aromatic carbocycles. The highest BCUT2D eigenvalue weighted by Gasteiger charge is 2.26. The van der Waals surface area contributed by atoms with Gasteiger partial charge in [0, 0.05) is 24.3 Å². The van der Waals surface area contributed by atoms with E-state index in [-0.39, 0.29) is 18.0 Å². The van der Waals surface area contributed by atoms with Gasteiger partial charge in [-0.2, -0.15) is 4.31 Å². The normalized spacial score (nSPS) is 15.0. The molecule has 0 radical (unpaired) electrons. The number of hydrogen-bond donors (Lipinski definition) is 2. The van der Waals surface area contributed by atoms with E-state index in [0.29, 0.717) is 30.2 Å². The summed E-state index contributed by atoms with van der Waals surface area (Å²) in [4.78, 5) is 36.7. The molecule has 35 heavy (non-hydrogen) atoms. The summed E-state index contributed by atoms with van der Waals surface area (Å²) in [6.07, 6.45) is -1.15. The second-order valence-corrected chi connectivity index (χ2v) is 9.51. The van der Waals surface area contributed by atoms with E-state index in [2.05, 4.69) is 10.6 Å². The van der Waals surface area contributed by atoms with E-state index in [1.165, 1.54) is 48.7 Å². The number of esters is 1. The third kappa shape index (κ3) is 7.01. The van der Waals surface area contributed by atoms with Gasteiger partial charge < -0.3 is 24.8 Å². The summed E-state index contributed by atoms with van der Waals surface area (Å²) in [5.74, 6) is -1.40. The van der Waals surface area contributed by atoms with E-state index in [4.69, 9.17) is 14.2 Å². The van der Waals surface area contributed by atoms with E-state index < -0.39 is 40.5 Å². The molecule has 11 nitrogen and oxygen atoms in total. The van der Waals surface area contributed by atoms with Crippen LogP contribution in [0.25, 0.3) is 0 Å². The van der Waals surface area contributed by atoms with Crippen molar-refractivity contribution < 1.29 is 37.0 Å². The molecule has 12 heteroatoms. The molecule has 2 amide bonds. The minimum Gasteiger partial charge on any atom is -0.497 e. The molecule has 0 spiro atoms. The van der Waals surface area contributed by atoms with Crippen LogP contribution in [-0.4, -0.2) is 76.6 Å². The Bertz CT molecular complexity index is 1160. The summed E-state index contributed by atoms with van der Waals surface area (Å²) in [5, 5.41) is 4.98. The van der Waals surface area contributed by atoms with Crippen LogP contribution in [0.4, 0.5) is 5.69 Å². The van der Waals surface area contributed by atoms with Crippen molar-refractivity contribution in [3.63, 3.8) is 0 Å². The third-order valence-electron chi connectivity index (χ3n) is 5.13. The second-order valence-electron chi connectivity index (χ2n) is 7.58. The fraction of sp³-hybridized carbons (Fsp3) is 0.348. The van der Waals surface area contributed by atoms with Crippen LogP contribution in [0.1, 0.15) is 17.3 Å². The summed E-state index contributed by atoms with van der Waals surface area (Å²) < 4.78 is 42.0. The van der Waals surface area contributed by atoms with Gasteiger partial charge in [0.2, 0.25) is 10.0 Å². The quantitative estimate of drug-likeness (QED) is 0.482. The molecule has 1 heterocycles. The van der Waals surface area contributed by atoms with Crippen molar-refractivity contribution in [2.75, 3.05) is 45.3 Å². The third-order valence-corrected chi connectivity index (χ3v) is 7.05. The van der Waals surface area contributed by atoms with Gasteiger partial charge in [-0.25, -0.2) is 8.42 Å². The van der Waals surface area contributed by atoms with Gasteiger partial charge in [0.1, 0.15) is 12.3 Å². The maximum absolute atomic E-state index is 12.7. The van der Waals surface area contributed by atoms with Crippen molar-refractivity contribution in [2.45, 2.75) is 17.9 Å². The van der Waals surface area contributed by atoms with Crippen LogP contribution >= 0.6 is 0 Å². The van der Waals surface area contributed by atoms with Crippen LogP contribution in [0.15, 0.2) is 53.4 Å². The minimum atomic E-state index is -3.65. The highest BCUT2D eigenvalue weighted by Crippen LogP contribution is 2.19. The van der Waals surface area contributed by atoms with Gasteiger partial charge in [-0.1, -0.05) is 6.07 Å². The van der Waals surface area contributed by atoms with Crippen molar-refractivity contribution in [1.82, 2.24) is 9.62 Å². The predicted molar refractivity (Wildman–Crippen MR) is 126 cm³/mol. The molecule has 188 valence electrons. The lowest BCUT2D eigenvalue weighted by Crippen LogP contribution is -2.40. The van der Waals surface area contributed by atoms with Gasteiger partial charge in [-0.3, -0.25) is 14.4 Å². The van der Waals surface area contributed by atoms with Gasteiger partial charge in [-0.15, -0.1) is 0 Å². The largest absolute Gasteiger partial charge is 0.497 e. The molecular weight excluding hydrogens is 478 g/mol. The number of anilines is 1. The number of nitrogens with zero attached hydrogens (tertiary/aromatic N) is 1. The van der Waals surface area contributed by atoms with Crippen LogP contribution in [0.5, 0.6) is 5.75 Å². The van der Waals surface area contributed by atoms with Gasteiger partial charge in [-0.05, 0) is 49.4 Å². The second kappa shape index (κ2) is 11.8. The van der Waals surface area contributed by atoms with E-state index >= 15 is 0 Å². The summed E-state index contributed by atoms with van der Waals surface area (Å²) >= 11 is 0. The summed E-state index contributed by atoms with van der Waals surface area (Å²) in [5.41, 5.74) is 0.646. The molecule has 0 aliphatic carbocycles. The lowest BCUT2D eigenvalue weighted by atomic mass is 10.2. The molecule has 1 atom stereocenters. The van der Waals surface area contributed by atoms with Crippen molar-refractivity contribution in [1.29, 1.82) is 0 Å². The summed E-state index contributed by atoms with van der Waals surface area (Å²) in [7, 11) is -2.17. The van der Waals surface area contributed by atoms with Crippen LogP contribution in [-0.2, 0) is 29.1 Å². The SMILES string of the molecule is COc1cccc(C(=O)NCC(=O)O[C@@H](C)C(=O)Nc2ccc(S(=O)(=O)N3CCOCC3)cc2)c1. The predicted octanol–water partition coefficient (Wildman–Crippen LogP) is 1.02. The molecule has 1 aliphatic rings. The number of hydrogen-bond acceptors (Lipinski definition) is 8. The first kappa shape index (κ1) is 26.1. The van der Waals surface area contributed by atoms with E-state index in [1.54, 1.807) is 18.2 Å². The molecule has 0 saturated carbocycles. The van der Waals surface area contributed by atoms with Crippen LogP contribution < -0.4 is 15.4 Å². The molecule has 0 unspecified atom stereocenters. The van der Waals surface area contributed by atoms with Crippen molar-refractivity contribution in [3.05, 3.63) is 54.1 Å². The fourth-order valence-corrected chi connectivity index (χ4v) is 4.61. The Balaban J connectivity index is 1.48. The lowest BCUT2D eigenvalue weighted by Gasteiger charge is -2.26. The zero-order valence-corrected chi connectivity index (χ0v) is 20.2. The first-order chi connectivity index (χ1) is 16.7. The molecule has 1 saturated heterocycles. The summed E-state index contributed by atoms with van der Waals surface area (Å²) in [6, 6.07) is 12.1. The van der Waals surface area contributed by atoms with Crippen LogP contribution in [0, 0.1) is 0 Å². The number of carbonyl (C=O) groups is 3. The lowest BCUT2D eigenvalue weighted by molar-refractivity contribution is -0.152. The van der Waals surface area contributed by atoms with Gasteiger partial charge in [0.05, 0.1) is 25.2 Å². The standard InChI is InChI=1S/C23H27N3O8S/c1-16(34-21(27)15-24-23(29)17-4-3-5-19(14-17)32-2)22(28)25-18-6-8-20(9-7-18)35(30,31)26-10-12-33-13-11-26/h3-9,14,16H,10-13,15H2,1-2H3,(H,24,29)(H,25,28)/t16-/m0/s1. The first-order valence-electron chi connectivity index (χ1n) is 10.8. The van der Waals surface area contributed by atoms with E-state index in [9.17, 15) is 22.8 Å². The Morgan fingerprint density at radius 1 is 1.09 bits per heavy atom. The number of rotatable bonds is 9. The number of ether oxygens (including phenoxy) is 3. The highest BCUT2D eigenvalue weighted by molar-refractivity contribution is 7.89. The number of morpholine rings is 1. The van der Waals surface area contributed by atoms with Crippen LogP contribution in [0.3, 0.4) is 0 Å². The maximum atomic E-state index is 12.7. The van der Waals surface area contributed by atoms with E-state index in [1.807, 2.05) is 0 Å². The van der Waals surface area contributed by atoms with E-state index in [0.717, 1.165) is 0 Å². The average Bonchev–Trinajstić information content (AvgIpc) is 2.88. The maximum Gasteiger partial charge on any atom is 0.326 e. The van der Waals surface area contributed by atoms with Crippen LogP contribution in [0.2, 0.25) is 0 Å². The van der Waals surface area contributed by atoms with Crippen molar-refractivity contribution >= 4 is 33.5 Å². The van der Waals surface area contributed by atoms with Gasteiger partial charge >= 0.3 is 5.97 Å². The molecule has 3 rings (SSSR count). The fourth-order valence-electron chi connectivity index (χ4n) is 3.20. The highest BCUT2D eigenvalue weighted by atomic mass is 32.2. The number of methoxy groups -OCH3 is 1. The molecule has 0 aromatic heterocycles. The Morgan fingerprint density at radius 3 is 2.43 bits per heavy atom. The Hall–Kier alpha value is -3.48.